The molecular formula is C33H38ClF2N7O4. The van der Waals surface area contributed by atoms with Gasteiger partial charge < -0.3 is 20.3 Å². The Labute approximate surface area is 278 Å². The summed E-state index contributed by atoms with van der Waals surface area (Å²) in [6, 6.07) is 12.2. The molecule has 3 N–H and O–H groups in total. The molecule has 1 saturated carbocycles. The summed E-state index contributed by atoms with van der Waals surface area (Å²) in [5.41, 5.74) is 4.13. The molecule has 1 aromatic heterocycles. The van der Waals surface area contributed by atoms with E-state index in [-0.39, 0.29) is 54.2 Å². The van der Waals surface area contributed by atoms with Gasteiger partial charge in [0.2, 0.25) is 11.8 Å². The molecule has 0 spiro atoms. The van der Waals surface area contributed by atoms with Gasteiger partial charge in [-0.15, -0.1) is 12.4 Å². The van der Waals surface area contributed by atoms with Crippen LogP contribution in [0.4, 0.5) is 30.8 Å². The first-order valence-corrected chi connectivity index (χ1v) is 15.4. The van der Waals surface area contributed by atoms with Crippen molar-refractivity contribution < 1.29 is 27.9 Å². The van der Waals surface area contributed by atoms with Gasteiger partial charge in [-0.2, -0.15) is 0 Å². The normalized spacial score (nSPS) is 18.1. The lowest BCUT2D eigenvalue weighted by Gasteiger charge is -2.42. The minimum absolute atomic E-state index is 0. The number of halogens is 3. The Hall–Kier alpha value is -4.33. The summed E-state index contributed by atoms with van der Waals surface area (Å²) in [7, 11) is 2.14. The molecule has 11 nitrogen and oxygen atoms in total. The van der Waals surface area contributed by atoms with Gasteiger partial charge in [0.15, 0.2) is 5.82 Å². The Bertz CT molecular complexity index is 1610. The molecule has 0 radical (unpaired) electrons. The number of primary amides is 1. The van der Waals surface area contributed by atoms with Gasteiger partial charge >= 0.3 is 6.03 Å². The number of piperazine rings is 1. The quantitative estimate of drug-likeness (QED) is 0.332. The van der Waals surface area contributed by atoms with Gasteiger partial charge in [0, 0.05) is 69.3 Å². The van der Waals surface area contributed by atoms with Crippen LogP contribution >= 0.6 is 12.4 Å². The average molecular weight is 670 g/mol. The minimum Gasteiger partial charge on any atom is -0.457 e. The van der Waals surface area contributed by atoms with Crippen molar-refractivity contribution in [3.8, 4) is 11.5 Å². The lowest BCUT2D eigenvalue weighted by atomic mass is 10.0. The van der Waals surface area contributed by atoms with Crippen molar-refractivity contribution in [1.29, 1.82) is 0 Å². The number of nitrogens with zero attached hydrogens (tertiary/aromatic N) is 5. The van der Waals surface area contributed by atoms with E-state index in [1.807, 2.05) is 0 Å². The molecule has 4 amide bonds. The van der Waals surface area contributed by atoms with Gasteiger partial charge in [-0.1, -0.05) is 0 Å². The van der Waals surface area contributed by atoms with E-state index in [2.05, 4.69) is 27.1 Å². The number of piperidine rings is 1. The van der Waals surface area contributed by atoms with Crippen molar-refractivity contribution in [3.05, 3.63) is 72.4 Å². The molecule has 3 fully saturated rings. The third-order valence-electron chi connectivity index (χ3n) is 9.09. The van der Waals surface area contributed by atoms with Crippen LogP contribution in [-0.4, -0.2) is 89.9 Å². The molecule has 250 valence electrons. The number of ether oxygens (including phenoxy) is 1. The van der Waals surface area contributed by atoms with E-state index < -0.39 is 28.9 Å². The maximum absolute atomic E-state index is 15.6. The number of carbonyl (C=O) groups is 3. The van der Waals surface area contributed by atoms with Crippen LogP contribution in [0.1, 0.15) is 25.7 Å². The molecule has 3 heterocycles. The number of hydrogen-bond donors (Lipinski definition) is 2. The number of carbonyl (C=O) groups excluding carboxylic acids is 3. The van der Waals surface area contributed by atoms with E-state index in [1.165, 1.54) is 30.5 Å². The number of amides is 4. The largest absolute Gasteiger partial charge is 0.457 e. The number of likely N-dealkylation sites (tertiary alicyclic amines) is 1. The highest BCUT2D eigenvalue weighted by atomic mass is 35.5. The van der Waals surface area contributed by atoms with Crippen molar-refractivity contribution in [2.75, 3.05) is 56.5 Å². The third kappa shape index (κ3) is 7.47. The third-order valence-corrected chi connectivity index (χ3v) is 9.09. The highest BCUT2D eigenvalue weighted by Gasteiger charge is 2.57. The van der Waals surface area contributed by atoms with E-state index >= 15 is 4.39 Å². The van der Waals surface area contributed by atoms with Crippen LogP contribution in [-0.2, 0) is 9.59 Å². The van der Waals surface area contributed by atoms with Crippen LogP contribution in [0.25, 0.3) is 0 Å². The number of aromatic nitrogens is 1. The molecule has 3 aromatic rings. The summed E-state index contributed by atoms with van der Waals surface area (Å²) in [4.78, 5) is 50.5. The lowest BCUT2D eigenvalue weighted by Crippen LogP contribution is -2.53. The molecule has 3 aliphatic rings. The molecular weight excluding hydrogens is 632 g/mol. The Morgan fingerprint density at radius 3 is 2.21 bits per heavy atom. The second-order valence-electron chi connectivity index (χ2n) is 12.1. The average Bonchev–Trinajstić information content (AvgIpc) is 3.86. The Morgan fingerprint density at radius 1 is 0.936 bits per heavy atom. The Kier molecular flexibility index (Phi) is 10.3. The lowest BCUT2D eigenvalue weighted by molar-refractivity contribution is -0.133. The van der Waals surface area contributed by atoms with Gasteiger partial charge in [-0.3, -0.25) is 24.7 Å². The summed E-state index contributed by atoms with van der Waals surface area (Å²) in [5, 5.41) is 2.83. The molecule has 6 rings (SSSR count). The molecule has 47 heavy (non-hydrogen) atoms. The second kappa shape index (κ2) is 14.2. The molecule has 2 saturated heterocycles. The number of nitrogens with two attached hydrogens (primary N) is 1. The number of nitrogens with one attached hydrogen (secondary N) is 1. The van der Waals surface area contributed by atoms with Crippen LogP contribution in [0.3, 0.4) is 0 Å². The first-order chi connectivity index (χ1) is 22.1. The number of urea groups is 1. The predicted octanol–water partition coefficient (Wildman–Crippen LogP) is 4.75. The SMILES string of the molecule is CN1CCN(C2CCN(C(=O)Nc3cc(Oc4ccc(N(C(=O)C5(C(N)=O)CC5)c5ccc(F)cc5)c(F)c4)ccn3)CC2)CC1.Cl. The van der Waals surface area contributed by atoms with Crippen LogP contribution in [0, 0.1) is 17.0 Å². The first-order valence-electron chi connectivity index (χ1n) is 15.4. The van der Waals surface area contributed by atoms with E-state index in [9.17, 15) is 18.8 Å². The van der Waals surface area contributed by atoms with E-state index in [4.69, 9.17) is 10.5 Å². The van der Waals surface area contributed by atoms with Crippen molar-refractivity contribution in [2.24, 2.45) is 11.1 Å². The standard InChI is InChI=1S/C33H37F2N7O4.ClH/c1-39-16-18-40(19-17-39)23-9-14-41(15-10-23)32(45)38-29-21-26(8-13-37-29)46-25-6-7-28(27(35)20-25)42(24-4-2-22(34)3-5-24)31(44)33(11-12-33)30(36)43;/h2-8,13,20-21,23H,9-12,14-19H2,1H3,(H2,36,43)(H,37,38,45);1H. The zero-order valence-corrected chi connectivity index (χ0v) is 26.8. The molecule has 14 heteroatoms. The number of hydrogen-bond acceptors (Lipinski definition) is 7. The summed E-state index contributed by atoms with van der Waals surface area (Å²) < 4.78 is 35.1. The van der Waals surface area contributed by atoms with E-state index in [0.717, 1.165) is 62.1 Å². The second-order valence-corrected chi connectivity index (χ2v) is 12.1. The number of likely N-dealkylation sites (N-methyl/N-ethyl adjacent to an activating group) is 1. The highest BCUT2D eigenvalue weighted by Crippen LogP contribution is 2.49. The van der Waals surface area contributed by atoms with Gasteiger partial charge in [-0.05, 0) is 75.2 Å². The topological polar surface area (TPSA) is 124 Å². The summed E-state index contributed by atoms with van der Waals surface area (Å²) in [5.74, 6) is -2.09. The van der Waals surface area contributed by atoms with Crippen LogP contribution < -0.4 is 20.7 Å². The molecule has 2 aromatic carbocycles. The van der Waals surface area contributed by atoms with Crippen LogP contribution in [0.2, 0.25) is 0 Å². The molecule has 0 unspecified atom stereocenters. The van der Waals surface area contributed by atoms with Gasteiger partial charge in [-0.25, -0.2) is 18.6 Å². The van der Waals surface area contributed by atoms with Gasteiger partial charge in [0.25, 0.3) is 0 Å². The minimum atomic E-state index is -1.44. The fraction of sp³-hybridized carbons (Fsp3) is 0.394. The molecule has 1 aliphatic carbocycles. The monoisotopic (exact) mass is 669 g/mol. The van der Waals surface area contributed by atoms with E-state index in [0.29, 0.717) is 24.9 Å². The first kappa shape index (κ1) is 34.0. The zero-order chi connectivity index (χ0) is 32.4. The maximum Gasteiger partial charge on any atom is 0.323 e. The number of benzene rings is 2. The predicted molar refractivity (Wildman–Crippen MR) is 175 cm³/mol. The fourth-order valence-corrected chi connectivity index (χ4v) is 6.08. The zero-order valence-electron chi connectivity index (χ0n) is 26.0. The number of pyridine rings is 1. The maximum atomic E-state index is 15.6. The summed E-state index contributed by atoms with van der Waals surface area (Å²) in [6.45, 7) is 5.54. The fourth-order valence-electron chi connectivity index (χ4n) is 6.08. The van der Waals surface area contributed by atoms with Gasteiger partial charge in [0.1, 0.15) is 28.5 Å². The number of rotatable bonds is 8. The summed E-state index contributed by atoms with van der Waals surface area (Å²) >= 11 is 0. The summed E-state index contributed by atoms with van der Waals surface area (Å²) in [6.07, 6.45) is 3.81. The number of anilines is 3. The molecule has 0 bridgehead atoms. The van der Waals surface area contributed by atoms with Crippen LogP contribution in [0.15, 0.2) is 60.8 Å². The Morgan fingerprint density at radius 2 is 1.60 bits per heavy atom. The highest BCUT2D eigenvalue weighted by molar-refractivity contribution is 6.16. The van der Waals surface area contributed by atoms with Crippen molar-refractivity contribution in [2.45, 2.75) is 31.7 Å². The van der Waals surface area contributed by atoms with Gasteiger partial charge in [0.05, 0.1) is 5.69 Å². The molecule has 2 aliphatic heterocycles. The van der Waals surface area contributed by atoms with Crippen molar-refractivity contribution in [3.63, 3.8) is 0 Å². The smallest absolute Gasteiger partial charge is 0.323 e. The molecule has 0 atom stereocenters. The van der Waals surface area contributed by atoms with Crippen molar-refractivity contribution >= 4 is 47.4 Å². The Balaban J connectivity index is 0.00000433. The van der Waals surface area contributed by atoms with Crippen molar-refractivity contribution in [1.82, 2.24) is 19.7 Å². The van der Waals surface area contributed by atoms with E-state index in [1.54, 1.807) is 17.0 Å². The van der Waals surface area contributed by atoms with Crippen LogP contribution in [0.5, 0.6) is 11.5 Å².